The van der Waals surface area contributed by atoms with E-state index >= 15 is 0 Å². The number of hydrogen-bond acceptors (Lipinski definition) is 1. The minimum absolute atomic E-state index is 0.0507. The van der Waals surface area contributed by atoms with E-state index in [4.69, 9.17) is 5.11 Å². The van der Waals surface area contributed by atoms with Crippen molar-refractivity contribution in [3.05, 3.63) is 54.1 Å². The molecule has 0 heterocycles. The largest absolute Gasteiger partial charge is 0.392 e. The maximum atomic E-state index is 9.06. The van der Waals surface area contributed by atoms with Crippen LogP contribution in [0, 0.1) is 6.92 Å². The van der Waals surface area contributed by atoms with E-state index in [0.717, 1.165) is 11.1 Å². The summed E-state index contributed by atoms with van der Waals surface area (Å²) in [6.45, 7) is 5.70. The van der Waals surface area contributed by atoms with E-state index in [1.54, 1.807) is 6.08 Å². The number of benzene rings is 1. The summed E-state index contributed by atoms with van der Waals surface area (Å²) in [5.41, 5.74) is 3.17. The van der Waals surface area contributed by atoms with Crippen molar-refractivity contribution in [3.8, 4) is 0 Å². The Hall–Kier alpha value is -1.34. The monoisotopic (exact) mass is 174 g/mol. The molecule has 0 atom stereocenters. The molecule has 0 fully saturated rings. The molecule has 0 bridgehead atoms. The van der Waals surface area contributed by atoms with Crippen molar-refractivity contribution in [3.63, 3.8) is 0 Å². The second-order valence-electron chi connectivity index (χ2n) is 2.95. The van der Waals surface area contributed by atoms with Gasteiger partial charge < -0.3 is 5.11 Å². The average molecular weight is 174 g/mol. The predicted molar refractivity (Wildman–Crippen MR) is 56.4 cm³/mol. The molecule has 68 valence electrons. The third-order valence-electron chi connectivity index (χ3n) is 1.91. The summed E-state index contributed by atoms with van der Waals surface area (Å²) in [4.78, 5) is 0. The first-order valence-corrected chi connectivity index (χ1v) is 4.27. The molecule has 0 radical (unpaired) electrons. The first kappa shape index (κ1) is 9.75. The van der Waals surface area contributed by atoms with Gasteiger partial charge in [0.2, 0.25) is 0 Å². The Morgan fingerprint density at radius 1 is 1.38 bits per heavy atom. The summed E-state index contributed by atoms with van der Waals surface area (Å²) >= 11 is 0. The van der Waals surface area contributed by atoms with E-state index in [1.807, 2.05) is 37.3 Å². The van der Waals surface area contributed by atoms with Crippen molar-refractivity contribution in [2.24, 2.45) is 0 Å². The van der Waals surface area contributed by atoms with E-state index in [2.05, 4.69) is 6.58 Å². The minimum atomic E-state index is 0.0507. The van der Waals surface area contributed by atoms with Gasteiger partial charge in [0.05, 0.1) is 6.61 Å². The summed E-state index contributed by atoms with van der Waals surface area (Å²) < 4.78 is 0. The molecule has 0 aliphatic rings. The van der Waals surface area contributed by atoms with Crippen molar-refractivity contribution >= 4 is 5.57 Å². The fraction of sp³-hybridized carbons (Fsp3) is 0.167. The summed E-state index contributed by atoms with van der Waals surface area (Å²) in [5.74, 6) is 0. The molecule has 1 nitrogen and oxygen atoms in total. The first-order chi connectivity index (χ1) is 6.27. The van der Waals surface area contributed by atoms with Gasteiger partial charge in [0.25, 0.3) is 0 Å². The SMILES string of the molecule is C=C/C=C(/CO)c1ccc(C)cc1. The lowest BCUT2D eigenvalue weighted by Gasteiger charge is -2.03. The summed E-state index contributed by atoms with van der Waals surface area (Å²) in [6.07, 6.45) is 3.51. The van der Waals surface area contributed by atoms with Crippen LogP contribution in [0.2, 0.25) is 0 Å². The molecular formula is C12H14O. The molecule has 0 aromatic heterocycles. The highest BCUT2D eigenvalue weighted by Gasteiger charge is 1.97. The van der Waals surface area contributed by atoms with Crippen LogP contribution in [0.4, 0.5) is 0 Å². The number of aliphatic hydroxyl groups is 1. The molecular weight excluding hydrogens is 160 g/mol. The molecule has 13 heavy (non-hydrogen) atoms. The number of aryl methyl sites for hydroxylation is 1. The molecule has 0 unspecified atom stereocenters. The first-order valence-electron chi connectivity index (χ1n) is 4.27. The molecule has 0 amide bonds. The van der Waals surface area contributed by atoms with Crippen LogP contribution >= 0.6 is 0 Å². The lowest BCUT2D eigenvalue weighted by molar-refractivity contribution is 0.350. The Bertz CT molecular complexity index is 306. The van der Waals surface area contributed by atoms with Crippen LogP contribution in [0.1, 0.15) is 11.1 Å². The Morgan fingerprint density at radius 2 is 2.00 bits per heavy atom. The van der Waals surface area contributed by atoms with Gasteiger partial charge in [-0.2, -0.15) is 0 Å². The quantitative estimate of drug-likeness (QED) is 0.698. The smallest absolute Gasteiger partial charge is 0.0687 e. The normalized spacial score (nSPS) is 11.4. The Balaban J connectivity index is 2.99. The summed E-state index contributed by atoms with van der Waals surface area (Å²) in [6, 6.07) is 8.06. The van der Waals surface area contributed by atoms with Gasteiger partial charge in [0.15, 0.2) is 0 Å². The maximum Gasteiger partial charge on any atom is 0.0687 e. The topological polar surface area (TPSA) is 20.2 Å². The van der Waals surface area contributed by atoms with Gasteiger partial charge in [0, 0.05) is 0 Å². The third kappa shape index (κ3) is 2.56. The second kappa shape index (κ2) is 4.63. The van der Waals surface area contributed by atoms with Gasteiger partial charge >= 0.3 is 0 Å². The summed E-state index contributed by atoms with van der Waals surface area (Å²) in [7, 11) is 0. The van der Waals surface area contributed by atoms with E-state index in [1.165, 1.54) is 5.56 Å². The number of aliphatic hydroxyl groups excluding tert-OH is 1. The van der Waals surface area contributed by atoms with Gasteiger partial charge in [-0.05, 0) is 18.1 Å². The van der Waals surface area contributed by atoms with Crippen molar-refractivity contribution in [1.29, 1.82) is 0 Å². The van der Waals surface area contributed by atoms with E-state index in [9.17, 15) is 0 Å². The van der Waals surface area contributed by atoms with Crippen molar-refractivity contribution in [2.75, 3.05) is 6.61 Å². The van der Waals surface area contributed by atoms with Crippen LogP contribution in [0.25, 0.3) is 5.57 Å². The average Bonchev–Trinajstić information content (AvgIpc) is 2.16. The fourth-order valence-electron chi connectivity index (χ4n) is 1.15. The molecule has 1 N–H and O–H groups in total. The van der Waals surface area contributed by atoms with Crippen molar-refractivity contribution in [1.82, 2.24) is 0 Å². The zero-order valence-corrected chi connectivity index (χ0v) is 7.83. The van der Waals surface area contributed by atoms with Crippen LogP contribution in [0.5, 0.6) is 0 Å². The van der Waals surface area contributed by atoms with Gasteiger partial charge in [-0.1, -0.05) is 48.6 Å². The Kier molecular flexibility index (Phi) is 3.47. The molecule has 0 saturated heterocycles. The molecule has 1 rings (SSSR count). The van der Waals surface area contributed by atoms with E-state index in [-0.39, 0.29) is 6.61 Å². The highest BCUT2D eigenvalue weighted by Crippen LogP contribution is 2.14. The Morgan fingerprint density at radius 3 is 2.46 bits per heavy atom. The molecule has 0 aliphatic carbocycles. The van der Waals surface area contributed by atoms with Crippen LogP contribution in [0.3, 0.4) is 0 Å². The fourth-order valence-corrected chi connectivity index (χ4v) is 1.15. The Labute approximate surface area is 79.0 Å². The number of hydrogen-bond donors (Lipinski definition) is 1. The lowest BCUT2D eigenvalue weighted by atomic mass is 10.0. The van der Waals surface area contributed by atoms with Crippen molar-refractivity contribution < 1.29 is 5.11 Å². The standard InChI is InChI=1S/C12H14O/c1-3-4-12(9-13)11-7-5-10(2)6-8-11/h3-8,13H,1,9H2,2H3/b12-4-. The van der Waals surface area contributed by atoms with Gasteiger partial charge in [-0.3, -0.25) is 0 Å². The molecule has 0 spiro atoms. The van der Waals surface area contributed by atoms with Crippen LogP contribution in [-0.4, -0.2) is 11.7 Å². The van der Waals surface area contributed by atoms with Gasteiger partial charge in [-0.25, -0.2) is 0 Å². The molecule has 1 heteroatoms. The summed E-state index contributed by atoms with van der Waals surface area (Å²) in [5, 5.41) is 9.06. The zero-order chi connectivity index (χ0) is 9.68. The van der Waals surface area contributed by atoms with Crippen LogP contribution < -0.4 is 0 Å². The highest BCUT2D eigenvalue weighted by atomic mass is 16.3. The molecule has 1 aromatic rings. The van der Waals surface area contributed by atoms with Gasteiger partial charge in [-0.15, -0.1) is 0 Å². The van der Waals surface area contributed by atoms with E-state index < -0.39 is 0 Å². The molecule has 1 aromatic carbocycles. The predicted octanol–water partition coefficient (Wildman–Crippen LogP) is 2.56. The second-order valence-corrected chi connectivity index (χ2v) is 2.95. The van der Waals surface area contributed by atoms with Crippen molar-refractivity contribution in [2.45, 2.75) is 6.92 Å². The lowest BCUT2D eigenvalue weighted by Crippen LogP contribution is -1.89. The van der Waals surface area contributed by atoms with E-state index in [0.29, 0.717) is 0 Å². The maximum absolute atomic E-state index is 9.06. The molecule has 0 aliphatic heterocycles. The number of allylic oxidation sites excluding steroid dienone is 2. The highest BCUT2D eigenvalue weighted by molar-refractivity contribution is 5.67. The molecule has 0 saturated carbocycles. The third-order valence-corrected chi connectivity index (χ3v) is 1.91. The van der Waals surface area contributed by atoms with Crippen LogP contribution in [0.15, 0.2) is 43.0 Å². The zero-order valence-electron chi connectivity index (χ0n) is 7.83. The minimum Gasteiger partial charge on any atom is -0.392 e. The van der Waals surface area contributed by atoms with Gasteiger partial charge in [0.1, 0.15) is 0 Å². The van der Waals surface area contributed by atoms with Crippen LogP contribution in [-0.2, 0) is 0 Å². The number of rotatable bonds is 3.